The molecule has 2 aliphatic heterocycles. The predicted octanol–water partition coefficient (Wildman–Crippen LogP) is 0.754. The quantitative estimate of drug-likeness (QED) is 0.716. The maximum atomic E-state index is 10.6. The maximum Gasteiger partial charge on any atom is 0.309 e. The molecule has 0 bridgehead atoms. The second-order valence-electron chi connectivity index (χ2n) is 4.07. The molecule has 4 heteroatoms. The lowest BCUT2D eigenvalue weighted by atomic mass is 9.94. The van der Waals surface area contributed by atoms with Crippen LogP contribution in [0.1, 0.15) is 6.92 Å². The van der Waals surface area contributed by atoms with Crippen LogP contribution in [0.15, 0.2) is 0 Å². The highest BCUT2D eigenvalue weighted by Crippen LogP contribution is 2.32. The number of carboxylic acids is 1. The summed E-state index contributed by atoms with van der Waals surface area (Å²) in [7, 11) is 0. The summed E-state index contributed by atoms with van der Waals surface area (Å²) < 4.78 is 0. The van der Waals surface area contributed by atoms with Crippen LogP contribution in [0, 0.1) is 11.8 Å². The van der Waals surface area contributed by atoms with Gasteiger partial charge in [0.25, 0.3) is 0 Å². The fraction of sp³-hybridized carbons (Fsp3) is 0.889. The van der Waals surface area contributed by atoms with E-state index in [0.29, 0.717) is 6.04 Å². The Balaban J connectivity index is 1.82. The summed E-state index contributed by atoms with van der Waals surface area (Å²) in [5.74, 6) is 2.43. The molecule has 1 N–H and O–H groups in total. The van der Waals surface area contributed by atoms with Gasteiger partial charge in [0, 0.05) is 24.9 Å². The van der Waals surface area contributed by atoms with Crippen LogP contribution in [0.3, 0.4) is 0 Å². The van der Waals surface area contributed by atoms with Gasteiger partial charge in [-0.3, -0.25) is 9.69 Å². The van der Waals surface area contributed by atoms with Gasteiger partial charge in [0.2, 0.25) is 0 Å². The second-order valence-corrected chi connectivity index (χ2v) is 5.15. The molecule has 0 aromatic rings. The molecule has 2 rings (SSSR count). The Bertz CT molecular complexity index is 216. The number of hydrogen-bond acceptors (Lipinski definition) is 3. The van der Waals surface area contributed by atoms with Gasteiger partial charge in [-0.05, 0) is 11.7 Å². The molecule has 2 atom stereocenters. The van der Waals surface area contributed by atoms with Crippen LogP contribution in [0.4, 0.5) is 0 Å². The lowest BCUT2D eigenvalue weighted by Gasteiger charge is -2.42. The molecule has 0 aromatic heterocycles. The summed E-state index contributed by atoms with van der Waals surface area (Å²) in [6.07, 6.45) is 0. The van der Waals surface area contributed by atoms with E-state index in [-0.39, 0.29) is 5.92 Å². The standard InChI is InChI=1S/C9H15NO2S/c1-6-4-13-5-8(6)10-2-7(3-10)9(11)12/h6-8H,2-5H2,1H3,(H,11,12). The van der Waals surface area contributed by atoms with Gasteiger partial charge in [-0.25, -0.2) is 0 Å². The van der Waals surface area contributed by atoms with Crippen molar-refractivity contribution < 1.29 is 9.90 Å². The highest BCUT2D eigenvalue weighted by molar-refractivity contribution is 7.99. The normalized spacial score (nSPS) is 36.1. The van der Waals surface area contributed by atoms with E-state index in [0.717, 1.165) is 19.0 Å². The minimum Gasteiger partial charge on any atom is -0.481 e. The summed E-state index contributed by atoms with van der Waals surface area (Å²) in [5, 5.41) is 8.73. The first-order valence-corrected chi connectivity index (χ1v) is 5.88. The zero-order chi connectivity index (χ0) is 9.42. The van der Waals surface area contributed by atoms with Gasteiger partial charge >= 0.3 is 5.97 Å². The second kappa shape index (κ2) is 3.50. The molecule has 2 fully saturated rings. The van der Waals surface area contributed by atoms with E-state index in [1.54, 1.807) is 0 Å². The molecule has 0 spiro atoms. The molecule has 2 unspecified atom stereocenters. The van der Waals surface area contributed by atoms with Gasteiger partial charge in [0.05, 0.1) is 5.92 Å². The van der Waals surface area contributed by atoms with Crippen LogP contribution in [0.25, 0.3) is 0 Å². The van der Waals surface area contributed by atoms with Gasteiger partial charge in [0.15, 0.2) is 0 Å². The van der Waals surface area contributed by atoms with E-state index in [1.807, 2.05) is 11.8 Å². The third-order valence-corrected chi connectivity index (χ3v) is 4.39. The molecule has 0 aliphatic carbocycles. The number of rotatable bonds is 2. The third kappa shape index (κ3) is 1.70. The van der Waals surface area contributed by atoms with Crippen LogP contribution in [0.2, 0.25) is 0 Å². The van der Waals surface area contributed by atoms with Crippen molar-refractivity contribution in [1.82, 2.24) is 4.90 Å². The number of hydrogen-bond donors (Lipinski definition) is 1. The van der Waals surface area contributed by atoms with Crippen molar-refractivity contribution in [2.24, 2.45) is 11.8 Å². The molecular formula is C9H15NO2S. The molecule has 3 nitrogen and oxygen atoms in total. The molecule has 0 saturated carbocycles. The molecule has 13 heavy (non-hydrogen) atoms. The summed E-state index contributed by atoms with van der Waals surface area (Å²) in [6.45, 7) is 3.80. The minimum absolute atomic E-state index is 0.0993. The van der Waals surface area contributed by atoms with Gasteiger partial charge in [0.1, 0.15) is 0 Å². The maximum absolute atomic E-state index is 10.6. The van der Waals surface area contributed by atoms with Crippen LogP contribution in [-0.2, 0) is 4.79 Å². The summed E-state index contributed by atoms with van der Waals surface area (Å²) in [6, 6.07) is 0.639. The number of likely N-dealkylation sites (tertiary alicyclic amines) is 1. The topological polar surface area (TPSA) is 40.5 Å². The van der Waals surface area contributed by atoms with E-state index in [1.165, 1.54) is 11.5 Å². The largest absolute Gasteiger partial charge is 0.481 e. The van der Waals surface area contributed by atoms with Crippen LogP contribution >= 0.6 is 11.8 Å². The Hall–Kier alpha value is -0.220. The van der Waals surface area contributed by atoms with E-state index in [9.17, 15) is 4.79 Å². The minimum atomic E-state index is -0.630. The van der Waals surface area contributed by atoms with Crippen molar-refractivity contribution >= 4 is 17.7 Å². The molecule has 0 amide bonds. The Morgan fingerprint density at radius 3 is 2.62 bits per heavy atom. The van der Waals surface area contributed by atoms with Gasteiger partial charge in [-0.2, -0.15) is 11.8 Å². The lowest BCUT2D eigenvalue weighted by molar-refractivity contribution is -0.148. The zero-order valence-corrected chi connectivity index (χ0v) is 8.59. The van der Waals surface area contributed by atoms with Crippen molar-refractivity contribution in [3.05, 3.63) is 0 Å². The number of nitrogens with zero attached hydrogens (tertiary/aromatic N) is 1. The lowest BCUT2D eigenvalue weighted by Crippen LogP contribution is -2.56. The average molecular weight is 201 g/mol. The first-order valence-electron chi connectivity index (χ1n) is 4.73. The predicted molar refractivity (Wildman–Crippen MR) is 53.0 cm³/mol. The highest BCUT2D eigenvalue weighted by Gasteiger charge is 2.40. The average Bonchev–Trinajstić information content (AvgIpc) is 2.32. The van der Waals surface area contributed by atoms with E-state index in [4.69, 9.17) is 5.11 Å². The molecule has 2 saturated heterocycles. The van der Waals surface area contributed by atoms with Crippen molar-refractivity contribution in [3.63, 3.8) is 0 Å². The highest BCUT2D eigenvalue weighted by atomic mass is 32.2. The van der Waals surface area contributed by atoms with Crippen molar-refractivity contribution in [3.8, 4) is 0 Å². The molecule has 0 aromatic carbocycles. The Kier molecular flexibility index (Phi) is 2.51. The van der Waals surface area contributed by atoms with Crippen molar-refractivity contribution in [2.75, 3.05) is 24.6 Å². The Morgan fingerprint density at radius 1 is 1.46 bits per heavy atom. The Morgan fingerprint density at radius 2 is 2.15 bits per heavy atom. The SMILES string of the molecule is CC1CSCC1N1CC(C(=O)O)C1. The molecule has 74 valence electrons. The monoisotopic (exact) mass is 201 g/mol. The van der Waals surface area contributed by atoms with Gasteiger partial charge < -0.3 is 5.11 Å². The number of carboxylic acid groups (broad SMARTS) is 1. The van der Waals surface area contributed by atoms with E-state index >= 15 is 0 Å². The third-order valence-electron chi connectivity index (χ3n) is 3.05. The fourth-order valence-corrected chi connectivity index (χ4v) is 3.57. The van der Waals surface area contributed by atoms with Crippen LogP contribution < -0.4 is 0 Å². The molecule has 0 radical (unpaired) electrons. The molecule has 2 aliphatic rings. The van der Waals surface area contributed by atoms with Crippen molar-refractivity contribution in [2.45, 2.75) is 13.0 Å². The van der Waals surface area contributed by atoms with E-state index in [2.05, 4.69) is 11.8 Å². The molecular weight excluding hydrogens is 186 g/mol. The summed E-state index contributed by atoms with van der Waals surface area (Å²) >= 11 is 1.99. The smallest absolute Gasteiger partial charge is 0.309 e. The summed E-state index contributed by atoms with van der Waals surface area (Å²) in [4.78, 5) is 12.9. The zero-order valence-electron chi connectivity index (χ0n) is 7.77. The van der Waals surface area contributed by atoms with Crippen molar-refractivity contribution in [1.29, 1.82) is 0 Å². The van der Waals surface area contributed by atoms with E-state index < -0.39 is 5.97 Å². The fourth-order valence-electron chi connectivity index (χ4n) is 2.05. The van der Waals surface area contributed by atoms with Crippen LogP contribution in [-0.4, -0.2) is 46.6 Å². The number of aliphatic carboxylic acids is 1. The first-order chi connectivity index (χ1) is 6.18. The van der Waals surface area contributed by atoms with Crippen LogP contribution in [0.5, 0.6) is 0 Å². The molecule has 2 heterocycles. The first kappa shape index (κ1) is 9.34. The number of carbonyl (C=O) groups is 1. The summed E-state index contributed by atoms with van der Waals surface area (Å²) in [5.41, 5.74) is 0. The number of thioether (sulfide) groups is 1. The van der Waals surface area contributed by atoms with Gasteiger partial charge in [-0.1, -0.05) is 6.92 Å². The van der Waals surface area contributed by atoms with Gasteiger partial charge in [-0.15, -0.1) is 0 Å². The Labute approximate surface area is 82.5 Å².